The molecule has 192 valence electrons. The number of anilines is 1. The Hall–Kier alpha value is -3.35. The van der Waals surface area contributed by atoms with Crippen LogP contribution in [0.25, 0.3) is 0 Å². The van der Waals surface area contributed by atoms with Crippen LogP contribution in [-0.2, 0) is 28.8 Å². The van der Waals surface area contributed by atoms with E-state index >= 15 is 0 Å². The number of carbonyl (C=O) groups is 5. The Morgan fingerprint density at radius 2 is 2.17 bits per heavy atom. The minimum Gasteiger partial charge on any atom is -0.543 e. The first-order valence-corrected chi connectivity index (χ1v) is 13.2. The van der Waals surface area contributed by atoms with Crippen molar-refractivity contribution in [1.29, 1.82) is 0 Å². The molecule has 0 spiro atoms. The molecule has 18 heteroatoms. The molecule has 3 aliphatic heterocycles. The summed E-state index contributed by atoms with van der Waals surface area (Å²) < 4.78 is 0. The Balaban J connectivity index is 1.46. The summed E-state index contributed by atoms with van der Waals surface area (Å²) >= 11 is 3.56. The average molecular weight is 557 g/mol. The summed E-state index contributed by atoms with van der Waals surface area (Å²) in [5.74, 6) is -4.07. The lowest BCUT2D eigenvalue weighted by Gasteiger charge is -2.50. The molecule has 4 atom stereocenters. The molecule has 2 fully saturated rings. The third-order valence-electron chi connectivity index (χ3n) is 5.29. The zero-order valence-electron chi connectivity index (χ0n) is 18.7. The number of nitrogens with one attached hydrogen (secondary N) is 4. The number of thioether (sulfide) groups is 2. The minimum absolute atomic E-state index is 0.151. The number of rotatable bonds is 8. The van der Waals surface area contributed by atoms with Crippen LogP contribution in [0.3, 0.4) is 0 Å². The van der Waals surface area contributed by atoms with E-state index in [0.29, 0.717) is 10.6 Å². The fraction of sp³-hybridized carbons (Fsp3) is 0.389. The predicted molar refractivity (Wildman–Crippen MR) is 127 cm³/mol. The highest BCUT2D eigenvalue weighted by Gasteiger charge is 2.53. The maximum Gasteiger partial charge on any atom is 0.354 e. The molecule has 0 saturated carbocycles. The zero-order chi connectivity index (χ0) is 26.1. The number of carboxylic acids is 1. The number of aromatic nitrogens is 1. The number of nitrogens with zero attached hydrogens (tertiary/aromatic N) is 3. The van der Waals surface area contributed by atoms with Crippen molar-refractivity contribution in [3.8, 4) is 0 Å². The van der Waals surface area contributed by atoms with Gasteiger partial charge >= 0.3 is 11.8 Å². The zero-order valence-corrected chi connectivity index (χ0v) is 21.2. The van der Waals surface area contributed by atoms with E-state index in [1.807, 2.05) is 0 Å². The summed E-state index contributed by atoms with van der Waals surface area (Å²) in [4.78, 5) is 70.6. The maximum absolute atomic E-state index is 12.9. The first-order valence-electron chi connectivity index (χ1n) is 10.2. The van der Waals surface area contributed by atoms with Crippen molar-refractivity contribution < 1.29 is 38.9 Å². The molecule has 2 saturated heterocycles. The number of oxime groups is 1. The smallest absolute Gasteiger partial charge is 0.354 e. The number of hydrogen-bond acceptors (Lipinski definition) is 13. The number of thiazole rings is 1. The van der Waals surface area contributed by atoms with Gasteiger partial charge in [0.15, 0.2) is 10.8 Å². The van der Waals surface area contributed by atoms with Gasteiger partial charge in [0.1, 0.15) is 24.2 Å². The predicted octanol–water partition coefficient (Wildman–Crippen LogP) is -4.83. The Morgan fingerprint density at radius 3 is 2.81 bits per heavy atom. The highest BCUT2D eigenvalue weighted by atomic mass is 32.2. The molecule has 4 amide bonds. The van der Waals surface area contributed by atoms with Crippen LogP contribution in [0.5, 0.6) is 0 Å². The number of nitrogen functional groups attached to an aromatic ring is 1. The monoisotopic (exact) mass is 556 g/mol. The van der Waals surface area contributed by atoms with Crippen molar-refractivity contribution in [3.63, 3.8) is 0 Å². The van der Waals surface area contributed by atoms with Crippen LogP contribution in [0.2, 0.25) is 0 Å². The first-order chi connectivity index (χ1) is 17.1. The minimum atomic E-state index is -1.53. The average Bonchev–Trinajstić information content (AvgIpc) is 3.27. The number of aliphatic carboxylic acids is 1. The second-order valence-electron chi connectivity index (χ2n) is 7.60. The molecule has 4 rings (SSSR count). The molecule has 1 aromatic heterocycles. The van der Waals surface area contributed by atoms with Gasteiger partial charge in [-0.2, -0.15) is 5.43 Å². The summed E-state index contributed by atoms with van der Waals surface area (Å²) in [6.45, 7) is 0. The third kappa shape index (κ3) is 4.84. The van der Waals surface area contributed by atoms with Gasteiger partial charge in [-0.05, 0) is 5.57 Å². The number of amides is 4. The van der Waals surface area contributed by atoms with E-state index in [9.17, 15) is 29.1 Å². The molecule has 6 N–H and O–H groups in total. The topological polar surface area (TPSA) is 213 Å². The fourth-order valence-corrected chi connectivity index (χ4v) is 6.76. The summed E-state index contributed by atoms with van der Waals surface area (Å²) in [6.07, 6.45) is 0. The van der Waals surface area contributed by atoms with E-state index in [1.165, 1.54) is 36.0 Å². The van der Waals surface area contributed by atoms with Gasteiger partial charge in [-0.3, -0.25) is 29.4 Å². The van der Waals surface area contributed by atoms with E-state index in [-0.39, 0.29) is 33.7 Å². The summed E-state index contributed by atoms with van der Waals surface area (Å²) in [7, 11) is 2.88. The molecular weight excluding hydrogens is 536 g/mol. The SMILES string of the molecule is CON=C(C(=O)NC1C(=O)N2C(C(=O)[O-])=C(CSC3NC(=O)C(=O)N[NH+]3C)CSC12)c1csc(N)n1. The molecule has 36 heavy (non-hydrogen) atoms. The van der Waals surface area contributed by atoms with Gasteiger partial charge < -0.3 is 25.8 Å². The van der Waals surface area contributed by atoms with Crippen molar-refractivity contribution in [1.82, 2.24) is 25.9 Å². The lowest BCUT2D eigenvalue weighted by atomic mass is 10.0. The fourth-order valence-electron chi connectivity index (χ4n) is 3.63. The van der Waals surface area contributed by atoms with Crippen molar-refractivity contribution in [2.24, 2.45) is 5.16 Å². The van der Waals surface area contributed by atoms with E-state index in [4.69, 9.17) is 10.6 Å². The summed E-state index contributed by atoms with van der Waals surface area (Å²) in [6, 6.07) is -1.01. The highest BCUT2D eigenvalue weighted by molar-refractivity contribution is 8.01. The van der Waals surface area contributed by atoms with E-state index in [1.54, 1.807) is 7.05 Å². The maximum atomic E-state index is 12.9. The Morgan fingerprint density at radius 1 is 1.42 bits per heavy atom. The molecule has 0 bridgehead atoms. The molecule has 0 radical (unpaired) electrons. The molecule has 0 aromatic carbocycles. The van der Waals surface area contributed by atoms with Crippen molar-refractivity contribution >= 4 is 75.3 Å². The van der Waals surface area contributed by atoms with Crippen LogP contribution in [0.4, 0.5) is 5.13 Å². The normalized spacial score (nSPS) is 26.0. The Kier molecular flexibility index (Phi) is 7.38. The van der Waals surface area contributed by atoms with Crippen LogP contribution in [0, 0.1) is 0 Å². The number of nitrogens with two attached hydrogens (primary N) is 1. The molecule has 15 nitrogen and oxygen atoms in total. The second-order valence-corrected chi connectivity index (χ2v) is 10.7. The number of carbonyl (C=O) groups excluding carboxylic acids is 5. The van der Waals surface area contributed by atoms with Gasteiger partial charge in [0.25, 0.3) is 11.8 Å². The quantitative estimate of drug-likeness (QED) is 0.0886. The van der Waals surface area contributed by atoms with E-state index in [2.05, 4.69) is 26.2 Å². The summed E-state index contributed by atoms with van der Waals surface area (Å²) in [5.41, 5.74) is 7.63. The first kappa shape index (κ1) is 25.7. The highest BCUT2D eigenvalue weighted by Crippen LogP contribution is 2.41. The molecule has 1 aromatic rings. The number of quaternary nitrogens is 1. The molecular formula is C18H20N8O7S3. The summed E-state index contributed by atoms with van der Waals surface area (Å²) in [5, 5.41) is 22.3. The molecule has 4 unspecified atom stereocenters. The molecule has 3 aliphatic rings. The Bertz CT molecular complexity index is 1200. The molecule has 4 heterocycles. The van der Waals surface area contributed by atoms with Gasteiger partial charge in [-0.1, -0.05) is 16.9 Å². The van der Waals surface area contributed by atoms with Gasteiger partial charge in [0.05, 0.1) is 18.7 Å². The largest absolute Gasteiger partial charge is 0.543 e. The number of fused-ring (bicyclic) bond motifs is 1. The van der Waals surface area contributed by atoms with Gasteiger partial charge in [0.2, 0.25) is 5.50 Å². The number of carboxylic acid groups (broad SMARTS) is 1. The van der Waals surface area contributed by atoms with Crippen molar-refractivity contribution in [3.05, 3.63) is 22.3 Å². The van der Waals surface area contributed by atoms with Gasteiger partial charge in [-0.15, -0.1) is 23.1 Å². The van der Waals surface area contributed by atoms with E-state index < -0.39 is 46.5 Å². The number of β-lactam (4-membered cyclic amide) rings is 1. The van der Waals surface area contributed by atoms with E-state index in [0.717, 1.165) is 16.2 Å². The van der Waals surface area contributed by atoms with Gasteiger partial charge in [-0.25, -0.2) is 9.99 Å². The van der Waals surface area contributed by atoms with Crippen molar-refractivity contribution in [2.45, 2.75) is 16.9 Å². The van der Waals surface area contributed by atoms with Crippen LogP contribution in [-0.4, -0.2) is 87.8 Å². The van der Waals surface area contributed by atoms with Crippen LogP contribution >= 0.6 is 34.9 Å². The lowest BCUT2D eigenvalue weighted by Crippen LogP contribution is -3.23. The Labute approximate surface area is 215 Å². The third-order valence-corrected chi connectivity index (χ3v) is 8.62. The standard InChI is InChI=1S/C18H20N8O7S3/c1-25-18(22-12(28)13(29)23-25)36-4-6-3-34-15-9(14(30)26(15)10(6)16(31)32)21-11(27)8(24-33-2)7-5-35-17(19)20-7/h5,9,15,18H,3-4H2,1-2H3,(H2,19,20)(H,21,27)(H,22,28)(H,23,29)(H,31,32). The van der Waals surface area contributed by atoms with Crippen molar-refractivity contribution in [2.75, 3.05) is 31.4 Å². The lowest BCUT2D eigenvalue weighted by molar-refractivity contribution is -0.930. The molecule has 0 aliphatic carbocycles. The van der Waals surface area contributed by atoms with Crippen LogP contribution < -0.4 is 31.9 Å². The van der Waals surface area contributed by atoms with Gasteiger partial charge in [0, 0.05) is 16.9 Å². The number of hydrogen-bond donors (Lipinski definition) is 5. The van der Waals surface area contributed by atoms with Crippen LogP contribution in [0.1, 0.15) is 5.69 Å². The second kappa shape index (κ2) is 10.3. The van der Waals surface area contributed by atoms with Crippen LogP contribution in [0.15, 0.2) is 21.8 Å².